The Morgan fingerprint density at radius 1 is 1.03 bits per heavy atom. The summed E-state index contributed by atoms with van der Waals surface area (Å²) in [4.78, 5) is 38.5. The van der Waals surface area contributed by atoms with Crippen molar-refractivity contribution in [1.82, 2.24) is 10.2 Å². The summed E-state index contributed by atoms with van der Waals surface area (Å²) in [6.45, 7) is 0.723. The number of hydrogen-bond acceptors (Lipinski definition) is 4. The molecule has 2 amide bonds. The number of carboxylic acids is 1. The number of carboxylic acid groups (broad SMARTS) is 1. The molecule has 1 heterocycles. The van der Waals surface area contributed by atoms with Gasteiger partial charge >= 0.3 is 12.1 Å². The monoisotopic (exact) mass is 434 g/mol. The molecule has 166 valence electrons. The number of nitrogens with one attached hydrogen (secondary N) is 1. The molecule has 2 aromatic rings. The minimum atomic E-state index is -0.955. The van der Waals surface area contributed by atoms with Crippen LogP contribution in [-0.2, 0) is 14.3 Å². The first-order valence-corrected chi connectivity index (χ1v) is 11.1. The molecule has 0 aromatic heterocycles. The molecule has 0 radical (unpaired) electrons. The maximum atomic E-state index is 13.1. The normalized spacial score (nSPS) is 20.4. The van der Waals surface area contributed by atoms with Gasteiger partial charge in [-0.1, -0.05) is 48.5 Å². The molecular weight excluding hydrogens is 408 g/mol. The number of ether oxygens (including phenoxy) is 1. The Morgan fingerprint density at radius 3 is 2.25 bits per heavy atom. The Morgan fingerprint density at radius 2 is 1.66 bits per heavy atom. The number of aliphatic carboxylic acids is 1. The van der Waals surface area contributed by atoms with Crippen LogP contribution in [0.15, 0.2) is 48.5 Å². The van der Waals surface area contributed by atoms with Gasteiger partial charge in [-0.05, 0) is 47.9 Å². The van der Waals surface area contributed by atoms with E-state index in [9.17, 15) is 14.4 Å². The Hall–Kier alpha value is -3.35. The zero-order valence-electron chi connectivity index (χ0n) is 17.8. The van der Waals surface area contributed by atoms with Crippen LogP contribution >= 0.6 is 0 Å². The van der Waals surface area contributed by atoms with Gasteiger partial charge in [0.2, 0.25) is 5.91 Å². The Balaban J connectivity index is 1.24. The fraction of sp³-hybridized carbons (Fsp3) is 0.400. The van der Waals surface area contributed by atoms with E-state index >= 15 is 0 Å². The molecule has 0 unspecified atom stereocenters. The Bertz CT molecular complexity index is 1030. The fourth-order valence-electron chi connectivity index (χ4n) is 5.14. The van der Waals surface area contributed by atoms with Crippen molar-refractivity contribution in [2.24, 2.45) is 0 Å². The number of hydrogen-bond donors (Lipinski definition) is 2. The third-order valence-corrected chi connectivity index (χ3v) is 6.89. The highest BCUT2D eigenvalue weighted by atomic mass is 16.5. The second-order valence-electron chi connectivity index (χ2n) is 8.93. The van der Waals surface area contributed by atoms with Crippen molar-refractivity contribution in [2.75, 3.05) is 13.2 Å². The lowest BCUT2D eigenvalue weighted by Crippen LogP contribution is -2.52. The average Bonchev–Trinajstić information content (AvgIpc) is 3.30. The van der Waals surface area contributed by atoms with E-state index in [0.29, 0.717) is 25.8 Å². The highest BCUT2D eigenvalue weighted by molar-refractivity contribution is 5.93. The van der Waals surface area contributed by atoms with Gasteiger partial charge in [-0.2, -0.15) is 0 Å². The van der Waals surface area contributed by atoms with Crippen molar-refractivity contribution < 1.29 is 24.2 Å². The summed E-state index contributed by atoms with van der Waals surface area (Å²) in [7, 11) is 0. The van der Waals surface area contributed by atoms with Gasteiger partial charge in [0.15, 0.2) is 0 Å². The quantitative estimate of drug-likeness (QED) is 0.725. The third kappa shape index (κ3) is 3.61. The summed E-state index contributed by atoms with van der Waals surface area (Å²) in [5, 5.41) is 11.9. The minimum absolute atomic E-state index is 0.0440. The summed E-state index contributed by atoms with van der Waals surface area (Å²) < 4.78 is 5.60. The predicted molar refractivity (Wildman–Crippen MR) is 117 cm³/mol. The largest absolute Gasteiger partial charge is 0.481 e. The van der Waals surface area contributed by atoms with Crippen molar-refractivity contribution >= 4 is 18.0 Å². The molecule has 1 saturated heterocycles. The van der Waals surface area contributed by atoms with Gasteiger partial charge in [0.25, 0.3) is 0 Å². The maximum absolute atomic E-state index is 13.1. The van der Waals surface area contributed by atoms with Crippen molar-refractivity contribution in [3.63, 3.8) is 0 Å². The minimum Gasteiger partial charge on any atom is -0.481 e. The second kappa shape index (κ2) is 7.97. The molecule has 1 aliphatic heterocycles. The Labute approximate surface area is 186 Å². The number of likely N-dealkylation sites (tertiary alicyclic amines) is 1. The second-order valence-corrected chi connectivity index (χ2v) is 8.93. The zero-order valence-corrected chi connectivity index (χ0v) is 17.8. The van der Waals surface area contributed by atoms with Crippen LogP contribution in [0.5, 0.6) is 0 Å². The molecule has 32 heavy (non-hydrogen) atoms. The van der Waals surface area contributed by atoms with Gasteiger partial charge in [0.1, 0.15) is 12.1 Å². The van der Waals surface area contributed by atoms with E-state index in [1.807, 2.05) is 24.3 Å². The van der Waals surface area contributed by atoms with Crippen molar-refractivity contribution in [2.45, 2.75) is 49.6 Å². The maximum Gasteiger partial charge on any atom is 0.408 e. The average molecular weight is 434 g/mol. The number of nitrogens with zero attached hydrogens (tertiary/aromatic N) is 1. The van der Waals surface area contributed by atoms with Crippen LogP contribution in [-0.4, -0.2) is 52.7 Å². The van der Waals surface area contributed by atoms with Crippen molar-refractivity contribution in [1.29, 1.82) is 0 Å². The molecule has 0 bridgehead atoms. The number of amides is 2. The lowest BCUT2D eigenvalue weighted by Gasteiger charge is -2.28. The summed E-state index contributed by atoms with van der Waals surface area (Å²) in [5.74, 6) is -1.14. The molecule has 1 atom stereocenters. The van der Waals surface area contributed by atoms with Gasteiger partial charge in [-0.15, -0.1) is 0 Å². The summed E-state index contributed by atoms with van der Waals surface area (Å²) in [6.07, 6.45) is 1.89. The SMILES string of the molecule is O=C(O)C[C@H]1CCCN1C(=O)C1(NC(=O)OCC2c3ccccc3-c3ccccc32)CC1. The Kier molecular flexibility index (Phi) is 5.12. The van der Waals surface area contributed by atoms with E-state index in [-0.39, 0.29) is 30.9 Å². The number of rotatable bonds is 6. The summed E-state index contributed by atoms with van der Waals surface area (Å²) in [5.41, 5.74) is 3.62. The predicted octanol–water partition coefficient (Wildman–Crippen LogP) is 3.52. The highest BCUT2D eigenvalue weighted by Gasteiger charge is 2.55. The van der Waals surface area contributed by atoms with E-state index in [4.69, 9.17) is 9.84 Å². The topological polar surface area (TPSA) is 95.9 Å². The highest BCUT2D eigenvalue weighted by Crippen LogP contribution is 2.45. The number of alkyl carbamates (subject to hydrolysis) is 1. The van der Waals surface area contributed by atoms with E-state index in [1.54, 1.807) is 4.90 Å². The zero-order chi connectivity index (χ0) is 22.3. The van der Waals surface area contributed by atoms with Crippen LogP contribution < -0.4 is 5.32 Å². The van der Waals surface area contributed by atoms with Crippen LogP contribution in [0.2, 0.25) is 0 Å². The van der Waals surface area contributed by atoms with Crippen LogP contribution in [0.1, 0.15) is 49.1 Å². The number of carbonyl (C=O) groups is 3. The lowest BCUT2D eigenvalue weighted by atomic mass is 9.98. The van der Waals surface area contributed by atoms with E-state index in [2.05, 4.69) is 29.6 Å². The van der Waals surface area contributed by atoms with Crippen molar-refractivity contribution in [3.8, 4) is 11.1 Å². The molecule has 2 fully saturated rings. The molecule has 0 spiro atoms. The first kappa shape index (κ1) is 20.5. The molecule has 7 nitrogen and oxygen atoms in total. The number of fused-ring (bicyclic) bond motifs is 3. The number of benzene rings is 2. The lowest BCUT2D eigenvalue weighted by molar-refractivity contribution is -0.141. The summed E-state index contributed by atoms with van der Waals surface area (Å²) >= 11 is 0. The van der Waals surface area contributed by atoms with E-state index < -0.39 is 17.6 Å². The smallest absolute Gasteiger partial charge is 0.408 e. The molecule has 1 saturated carbocycles. The first-order chi connectivity index (χ1) is 15.5. The van der Waals surface area contributed by atoms with Gasteiger partial charge in [0, 0.05) is 18.5 Å². The van der Waals surface area contributed by atoms with Gasteiger partial charge in [-0.3, -0.25) is 9.59 Å². The molecule has 3 aliphatic rings. The van der Waals surface area contributed by atoms with E-state index in [0.717, 1.165) is 28.7 Å². The van der Waals surface area contributed by atoms with Gasteiger partial charge in [-0.25, -0.2) is 4.79 Å². The molecule has 2 N–H and O–H groups in total. The standard InChI is InChI=1S/C25H26N2O5/c28-22(29)14-16-6-5-13-27(16)23(30)25(11-12-25)26-24(31)32-15-21-19-9-3-1-7-17(19)18-8-2-4-10-20(18)21/h1-4,7-10,16,21H,5-6,11-15H2,(H,26,31)(H,28,29)/t16-/m1/s1. The molecule has 2 aromatic carbocycles. The molecule has 7 heteroatoms. The van der Waals surface area contributed by atoms with E-state index in [1.165, 1.54) is 0 Å². The third-order valence-electron chi connectivity index (χ3n) is 6.89. The molecule has 5 rings (SSSR count). The van der Waals surface area contributed by atoms with Crippen LogP contribution in [0.4, 0.5) is 4.79 Å². The van der Waals surface area contributed by atoms with Crippen molar-refractivity contribution in [3.05, 3.63) is 59.7 Å². The van der Waals surface area contributed by atoms with Gasteiger partial charge < -0.3 is 20.1 Å². The van der Waals surface area contributed by atoms with Crippen LogP contribution in [0.25, 0.3) is 11.1 Å². The molecular formula is C25H26N2O5. The van der Waals surface area contributed by atoms with Gasteiger partial charge in [0.05, 0.1) is 6.42 Å². The van der Waals surface area contributed by atoms with Crippen LogP contribution in [0, 0.1) is 0 Å². The van der Waals surface area contributed by atoms with Crippen LogP contribution in [0.3, 0.4) is 0 Å². The molecule has 2 aliphatic carbocycles. The first-order valence-electron chi connectivity index (χ1n) is 11.1. The fourth-order valence-corrected chi connectivity index (χ4v) is 5.14. The number of carbonyl (C=O) groups excluding carboxylic acids is 2. The summed E-state index contributed by atoms with van der Waals surface area (Å²) in [6, 6.07) is 16.0.